The Morgan fingerprint density at radius 2 is 2.08 bits per heavy atom. The summed E-state index contributed by atoms with van der Waals surface area (Å²) in [7, 11) is 1.76. The van der Waals surface area contributed by atoms with Crippen LogP contribution in [0.3, 0.4) is 0 Å². The highest BCUT2D eigenvalue weighted by Crippen LogP contribution is 2.25. The van der Waals surface area contributed by atoms with Gasteiger partial charge < -0.3 is 5.32 Å². The molecule has 130 valence electrons. The number of hydrogen-bond donors (Lipinski definition) is 1. The number of carbonyl (C=O) groups is 2. The third kappa shape index (κ3) is 3.73. The van der Waals surface area contributed by atoms with Crippen molar-refractivity contribution in [3.63, 3.8) is 0 Å². The van der Waals surface area contributed by atoms with Gasteiger partial charge in [0.05, 0.1) is 12.2 Å². The van der Waals surface area contributed by atoms with Gasteiger partial charge in [-0.25, -0.2) is 9.99 Å². The molecule has 0 atom stereocenters. The summed E-state index contributed by atoms with van der Waals surface area (Å²) in [6.45, 7) is 4.09. The van der Waals surface area contributed by atoms with Gasteiger partial charge in [-0.15, -0.1) is 0 Å². The molecule has 0 unspecified atom stereocenters. The Kier molecular flexibility index (Phi) is 4.60. The second-order valence-corrected chi connectivity index (χ2v) is 6.06. The van der Waals surface area contributed by atoms with Crippen molar-refractivity contribution in [1.82, 2.24) is 20.1 Å². The van der Waals surface area contributed by atoms with Gasteiger partial charge in [0.2, 0.25) is 5.91 Å². The quantitative estimate of drug-likeness (QED) is 0.906. The molecule has 0 radical (unpaired) electrons. The number of aryl methyl sites for hydroxylation is 3. The second-order valence-electron chi connectivity index (χ2n) is 6.06. The van der Waals surface area contributed by atoms with Crippen LogP contribution >= 0.6 is 0 Å². The van der Waals surface area contributed by atoms with Crippen LogP contribution in [-0.4, -0.2) is 32.3 Å². The van der Waals surface area contributed by atoms with Gasteiger partial charge in [0.15, 0.2) is 5.82 Å². The molecule has 1 aliphatic rings. The lowest BCUT2D eigenvalue weighted by molar-refractivity contribution is -0.119. The standard InChI is InChI=1S/C17H20N6O2/c1-11-4-5-12(2)14(8-11)23-16(24)7-6-13(20-23)17(25)18-9-15-19-10-22(3)21-15/h4-5,8,10H,6-7,9H2,1-3H3,(H,18,25). The Bertz CT molecular complexity index is 855. The van der Waals surface area contributed by atoms with Crippen LogP contribution in [0.1, 0.15) is 29.8 Å². The summed E-state index contributed by atoms with van der Waals surface area (Å²) in [6.07, 6.45) is 2.14. The molecule has 25 heavy (non-hydrogen) atoms. The van der Waals surface area contributed by atoms with Crippen molar-refractivity contribution in [2.45, 2.75) is 33.2 Å². The lowest BCUT2D eigenvalue weighted by Crippen LogP contribution is -2.39. The lowest BCUT2D eigenvalue weighted by atomic mass is 10.1. The van der Waals surface area contributed by atoms with Crippen LogP contribution in [0.5, 0.6) is 0 Å². The highest BCUT2D eigenvalue weighted by molar-refractivity contribution is 6.40. The van der Waals surface area contributed by atoms with E-state index in [1.165, 1.54) is 5.01 Å². The highest BCUT2D eigenvalue weighted by Gasteiger charge is 2.26. The van der Waals surface area contributed by atoms with Gasteiger partial charge in [0.1, 0.15) is 12.0 Å². The van der Waals surface area contributed by atoms with E-state index in [9.17, 15) is 9.59 Å². The number of hydrogen-bond acceptors (Lipinski definition) is 5. The van der Waals surface area contributed by atoms with E-state index in [0.717, 1.165) is 11.1 Å². The summed E-state index contributed by atoms with van der Waals surface area (Å²) in [5.41, 5.74) is 3.00. The largest absolute Gasteiger partial charge is 0.344 e. The number of rotatable bonds is 4. The summed E-state index contributed by atoms with van der Waals surface area (Å²) < 4.78 is 1.57. The molecule has 1 aromatic carbocycles. The Labute approximate surface area is 145 Å². The van der Waals surface area contributed by atoms with Crippen molar-refractivity contribution in [2.75, 3.05) is 5.01 Å². The van der Waals surface area contributed by atoms with Crippen molar-refractivity contribution in [1.29, 1.82) is 0 Å². The van der Waals surface area contributed by atoms with Crippen LogP contribution < -0.4 is 10.3 Å². The van der Waals surface area contributed by atoms with E-state index in [-0.39, 0.29) is 24.8 Å². The second kappa shape index (κ2) is 6.84. The molecule has 8 heteroatoms. The zero-order valence-electron chi connectivity index (χ0n) is 14.5. The topological polar surface area (TPSA) is 92.5 Å². The first-order valence-corrected chi connectivity index (χ1v) is 8.04. The van der Waals surface area contributed by atoms with Gasteiger partial charge in [0.25, 0.3) is 5.91 Å². The van der Waals surface area contributed by atoms with E-state index < -0.39 is 0 Å². The van der Waals surface area contributed by atoms with E-state index in [1.807, 2.05) is 32.0 Å². The zero-order valence-corrected chi connectivity index (χ0v) is 14.5. The molecule has 0 saturated carbocycles. The molecule has 0 spiro atoms. The van der Waals surface area contributed by atoms with Gasteiger partial charge in [0, 0.05) is 19.9 Å². The average molecular weight is 340 g/mol. The predicted octanol–water partition coefficient (Wildman–Crippen LogP) is 1.23. The SMILES string of the molecule is Cc1ccc(C)c(N2N=C(C(=O)NCc3ncn(C)n3)CCC2=O)c1. The summed E-state index contributed by atoms with van der Waals surface area (Å²) in [5.74, 6) is 0.0987. The van der Waals surface area contributed by atoms with Gasteiger partial charge in [-0.1, -0.05) is 12.1 Å². The molecule has 0 saturated heterocycles. The van der Waals surface area contributed by atoms with Crippen molar-refractivity contribution >= 4 is 23.2 Å². The van der Waals surface area contributed by atoms with E-state index in [0.29, 0.717) is 23.6 Å². The predicted molar refractivity (Wildman–Crippen MR) is 92.9 cm³/mol. The molecule has 1 aliphatic heterocycles. The van der Waals surface area contributed by atoms with Gasteiger partial charge in [-0.3, -0.25) is 14.3 Å². The smallest absolute Gasteiger partial charge is 0.267 e. The summed E-state index contributed by atoms with van der Waals surface area (Å²) >= 11 is 0. The number of carbonyl (C=O) groups excluding carboxylic acids is 2. The van der Waals surface area contributed by atoms with Crippen LogP contribution in [0.25, 0.3) is 0 Å². The third-order valence-electron chi connectivity index (χ3n) is 3.94. The Balaban J connectivity index is 1.78. The maximum absolute atomic E-state index is 12.4. The Morgan fingerprint density at radius 3 is 2.80 bits per heavy atom. The van der Waals surface area contributed by atoms with E-state index >= 15 is 0 Å². The molecule has 1 aromatic heterocycles. The number of nitrogens with zero attached hydrogens (tertiary/aromatic N) is 5. The summed E-state index contributed by atoms with van der Waals surface area (Å²) in [4.78, 5) is 28.7. The van der Waals surface area contributed by atoms with Gasteiger partial charge >= 0.3 is 0 Å². The van der Waals surface area contributed by atoms with Gasteiger partial charge in [-0.2, -0.15) is 10.2 Å². The fourth-order valence-electron chi connectivity index (χ4n) is 2.58. The molecule has 0 aliphatic carbocycles. The molecular formula is C17H20N6O2. The maximum Gasteiger partial charge on any atom is 0.267 e. The number of aromatic nitrogens is 3. The maximum atomic E-state index is 12.4. The first-order chi connectivity index (χ1) is 11.9. The zero-order chi connectivity index (χ0) is 18.0. The Morgan fingerprint density at radius 1 is 1.28 bits per heavy atom. The highest BCUT2D eigenvalue weighted by atomic mass is 16.2. The van der Waals surface area contributed by atoms with Crippen molar-refractivity contribution in [3.8, 4) is 0 Å². The minimum absolute atomic E-state index is 0.114. The normalized spacial score (nSPS) is 14.4. The third-order valence-corrected chi connectivity index (χ3v) is 3.94. The van der Waals surface area contributed by atoms with E-state index in [1.54, 1.807) is 18.1 Å². The molecule has 2 aromatic rings. The number of amides is 2. The minimum Gasteiger partial charge on any atom is -0.344 e. The van der Waals surface area contributed by atoms with Crippen LogP contribution in [0, 0.1) is 13.8 Å². The fourth-order valence-corrected chi connectivity index (χ4v) is 2.58. The Hall–Kier alpha value is -3.03. The number of benzene rings is 1. The molecule has 3 rings (SSSR count). The molecular weight excluding hydrogens is 320 g/mol. The van der Waals surface area contributed by atoms with Crippen LogP contribution in [-0.2, 0) is 23.2 Å². The molecule has 2 heterocycles. The first kappa shape index (κ1) is 16.8. The number of anilines is 1. The minimum atomic E-state index is -0.310. The van der Waals surface area contributed by atoms with Crippen LogP contribution in [0.2, 0.25) is 0 Å². The first-order valence-electron chi connectivity index (χ1n) is 8.04. The van der Waals surface area contributed by atoms with E-state index in [2.05, 4.69) is 20.5 Å². The molecule has 1 N–H and O–H groups in total. The van der Waals surface area contributed by atoms with Crippen molar-refractivity contribution in [2.24, 2.45) is 12.1 Å². The molecule has 0 fully saturated rings. The van der Waals surface area contributed by atoms with Crippen molar-refractivity contribution < 1.29 is 9.59 Å². The van der Waals surface area contributed by atoms with Crippen LogP contribution in [0.15, 0.2) is 29.6 Å². The number of hydrazone groups is 1. The average Bonchev–Trinajstić information content (AvgIpc) is 3.01. The molecule has 8 nitrogen and oxygen atoms in total. The van der Waals surface area contributed by atoms with Crippen LogP contribution in [0.4, 0.5) is 5.69 Å². The van der Waals surface area contributed by atoms with Gasteiger partial charge in [-0.05, 0) is 31.0 Å². The molecule has 2 amide bonds. The fraction of sp³-hybridized carbons (Fsp3) is 0.353. The monoisotopic (exact) mass is 340 g/mol. The summed E-state index contributed by atoms with van der Waals surface area (Å²) in [6, 6.07) is 5.81. The molecule has 0 bridgehead atoms. The van der Waals surface area contributed by atoms with Crippen molar-refractivity contribution in [3.05, 3.63) is 41.5 Å². The number of nitrogens with one attached hydrogen (secondary N) is 1. The van der Waals surface area contributed by atoms with E-state index in [4.69, 9.17) is 0 Å². The summed E-state index contributed by atoms with van der Waals surface area (Å²) in [5, 5.41) is 12.5. The lowest BCUT2D eigenvalue weighted by Gasteiger charge is -2.24.